The number of carbonyl (C=O) groups is 1. The zero-order chi connectivity index (χ0) is 16.2. The van der Waals surface area contributed by atoms with E-state index in [2.05, 4.69) is 20.7 Å². The van der Waals surface area contributed by atoms with E-state index in [-0.39, 0.29) is 17.2 Å². The minimum absolute atomic E-state index is 0.0642. The highest BCUT2D eigenvalue weighted by Gasteiger charge is 2.12. The number of furan rings is 1. The molecule has 2 aromatic heterocycles. The molecular weight excluding hydrogens is 300 g/mol. The molecule has 0 aliphatic carbocycles. The molecule has 8 heteroatoms. The smallest absolute Gasteiger partial charge is 0.291 e. The van der Waals surface area contributed by atoms with E-state index in [1.54, 1.807) is 12.1 Å². The van der Waals surface area contributed by atoms with Gasteiger partial charge in [-0.3, -0.25) is 9.89 Å². The Kier molecular flexibility index (Phi) is 3.79. The fraction of sp³-hybridized carbons (Fsp3) is 0. The Morgan fingerprint density at radius 1 is 1.30 bits per heavy atom. The van der Waals surface area contributed by atoms with Gasteiger partial charge in [-0.05, 0) is 24.3 Å². The van der Waals surface area contributed by atoms with E-state index >= 15 is 0 Å². The molecular formula is C15H12N4O4. The van der Waals surface area contributed by atoms with Crippen LogP contribution in [-0.2, 0) is 0 Å². The number of aromatic hydroxyl groups is 2. The van der Waals surface area contributed by atoms with Crippen LogP contribution in [0.15, 0.2) is 52.2 Å². The van der Waals surface area contributed by atoms with Crippen molar-refractivity contribution >= 4 is 12.1 Å². The fourth-order valence-electron chi connectivity index (χ4n) is 1.86. The molecule has 0 saturated heterocycles. The summed E-state index contributed by atoms with van der Waals surface area (Å²) in [6.07, 6.45) is 2.77. The number of rotatable bonds is 4. The maximum Gasteiger partial charge on any atom is 0.291 e. The lowest BCUT2D eigenvalue weighted by Crippen LogP contribution is -2.18. The lowest BCUT2D eigenvalue weighted by molar-refractivity contribution is 0.0950. The third-order valence-corrected chi connectivity index (χ3v) is 2.98. The highest BCUT2D eigenvalue weighted by atomic mass is 16.3. The van der Waals surface area contributed by atoms with Gasteiger partial charge in [0.2, 0.25) is 0 Å². The summed E-state index contributed by atoms with van der Waals surface area (Å²) in [6, 6.07) is 9.02. The molecule has 8 nitrogen and oxygen atoms in total. The summed E-state index contributed by atoms with van der Waals surface area (Å²) in [5, 5.41) is 29.1. The van der Waals surface area contributed by atoms with Gasteiger partial charge in [-0.2, -0.15) is 10.2 Å². The van der Waals surface area contributed by atoms with E-state index in [4.69, 9.17) is 4.42 Å². The van der Waals surface area contributed by atoms with Crippen LogP contribution in [0.3, 0.4) is 0 Å². The van der Waals surface area contributed by atoms with Crippen molar-refractivity contribution in [3.05, 3.63) is 53.9 Å². The van der Waals surface area contributed by atoms with Crippen LogP contribution in [0, 0.1) is 0 Å². The molecule has 3 rings (SSSR count). The first-order chi connectivity index (χ1) is 11.1. The number of nitrogens with zero attached hydrogens (tertiary/aromatic N) is 2. The molecule has 0 unspecified atom stereocenters. The van der Waals surface area contributed by atoms with Gasteiger partial charge in [0, 0.05) is 17.7 Å². The highest BCUT2D eigenvalue weighted by molar-refractivity contribution is 5.94. The molecule has 3 aromatic rings. The molecule has 0 saturated carbocycles. The minimum Gasteiger partial charge on any atom is -0.508 e. The Bertz CT molecular complexity index is 852. The molecule has 0 radical (unpaired) electrons. The Morgan fingerprint density at radius 3 is 2.91 bits per heavy atom. The molecule has 1 aromatic carbocycles. The Balaban J connectivity index is 1.66. The fourth-order valence-corrected chi connectivity index (χ4v) is 1.86. The maximum atomic E-state index is 11.9. The van der Waals surface area contributed by atoms with Crippen molar-refractivity contribution in [2.45, 2.75) is 0 Å². The third-order valence-electron chi connectivity index (χ3n) is 2.98. The molecule has 4 N–H and O–H groups in total. The monoisotopic (exact) mass is 312 g/mol. The summed E-state index contributed by atoms with van der Waals surface area (Å²) in [5.41, 5.74) is 3.35. The number of amides is 1. The van der Waals surface area contributed by atoms with E-state index in [9.17, 15) is 15.0 Å². The van der Waals surface area contributed by atoms with Crippen LogP contribution in [0.25, 0.3) is 11.5 Å². The largest absolute Gasteiger partial charge is 0.508 e. The second kappa shape index (κ2) is 6.06. The maximum absolute atomic E-state index is 11.9. The zero-order valence-electron chi connectivity index (χ0n) is 11.7. The molecule has 0 fully saturated rings. The molecule has 0 aliphatic rings. The van der Waals surface area contributed by atoms with Crippen LogP contribution in [0.5, 0.6) is 11.5 Å². The van der Waals surface area contributed by atoms with Crippen LogP contribution in [-0.4, -0.2) is 32.5 Å². The number of phenols is 2. The van der Waals surface area contributed by atoms with Crippen molar-refractivity contribution in [3.63, 3.8) is 0 Å². The van der Waals surface area contributed by atoms with Crippen molar-refractivity contribution in [2.24, 2.45) is 5.10 Å². The molecule has 2 heterocycles. The molecule has 0 atom stereocenters. The van der Waals surface area contributed by atoms with Gasteiger partial charge in [-0.1, -0.05) is 0 Å². The number of aromatic nitrogens is 2. The van der Waals surface area contributed by atoms with Crippen LogP contribution in [0.2, 0.25) is 0 Å². The Labute approximate surface area is 130 Å². The predicted molar refractivity (Wildman–Crippen MR) is 81.1 cm³/mol. The average molecular weight is 312 g/mol. The molecule has 0 aliphatic heterocycles. The number of hydrogen-bond acceptors (Lipinski definition) is 6. The minimum atomic E-state index is -0.520. The first-order valence-electron chi connectivity index (χ1n) is 6.58. The number of phenolic OH excluding ortho intramolecular Hbond substituents is 2. The Morgan fingerprint density at radius 2 is 2.17 bits per heavy atom. The van der Waals surface area contributed by atoms with Gasteiger partial charge in [0.05, 0.1) is 12.5 Å². The van der Waals surface area contributed by atoms with Gasteiger partial charge in [0.25, 0.3) is 5.91 Å². The number of hydrogen-bond donors (Lipinski definition) is 4. The van der Waals surface area contributed by atoms with Crippen LogP contribution >= 0.6 is 0 Å². The molecule has 0 spiro atoms. The second-order valence-electron chi connectivity index (χ2n) is 4.59. The van der Waals surface area contributed by atoms with E-state index in [0.29, 0.717) is 17.0 Å². The number of aromatic amines is 1. The lowest BCUT2D eigenvalue weighted by atomic mass is 10.2. The van der Waals surface area contributed by atoms with Gasteiger partial charge >= 0.3 is 0 Å². The third kappa shape index (κ3) is 3.21. The van der Waals surface area contributed by atoms with Crippen LogP contribution in [0.4, 0.5) is 0 Å². The summed E-state index contributed by atoms with van der Waals surface area (Å²) in [4.78, 5) is 11.9. The normalized spacial score (nSPS) is 11.0. The first-order valence-corrected chi connectivity index (χ1v) is 6.58. The Hall–Kier alpha value is -3.55. The summed E-state index contributed by atoms with van der Waals surface area (Å²) >= 11 is 0. The molecule has 1 amide bonds. The number of hydrazone groups is 1. The van der Waals surface area contributed by atoms with Crippen molar-refractivity contribution in [1.82, 2.24) is 15.6 Å². The zero-order valence-corrected chi connectivity index (χ0v) is 11.7. The van der Waals surface area contributed by atoms with Gasteiger partial charge in [0.15, 0.2) is 11.5 Å². The number of carbonyl (C=O) groups excluding carboxylic acids is 1. The SMILES string of the molecule is O=C(NN=Cc1ccc(O)cc1O)c1cc(-c2ccco2)[nH]n1. The number of nitrogens with one attached hydrogen (secondary N) is 2. The summed E-state index contributed by atoms with van der Waals surface area (Å²) in [7, 11) is 0. The molecule has 23 heavy (non-hydrogen) atoms. The van der Waals surface area contributed by atoms with Crippen LogP contribution < -0.4 is 5.43 Å². The number of benzene rings is 1. The van der Waals surface area contributed by atoms with Gasteiger partial charge in [-0.15, -0.1) is 0 Å². The van der Waals surface area contributed by atoms with E-state index in [1.807, 2.05) is 0 Å². The highest BCUT2D eigenvalue weighted by Crippen LogP contribution is 2.21. The van der Waals surface area contributed by atoms with E-state index < -0.39 is 5.91 Å². The van der Waals surface area contributed by atoms with Crippen molar-refractivity contribution < 1.29 is 19.4 Å². The first kappa shape index (κ1) is 14.4. The van der Waals surface area contributed by atoms with Crippen molar-refractivity contribution in [3.8, 4) is 23.0 Å². The predicted octanol–water partition coefficient (Wildman–Crippen LogP) is 1.84. The molecule has 116 valence electrons. The van der Waals surface area contributed by atoms with Crippen molar-refractivity contribution in [2.75, 3.05) is 0 Å². The van der Waals surface area contributed by atoms with Crippen molar-refractivity contribution in [1.29, 1.82) is 0 Å². The van der Waals surface area contributed by atoms with E-state index in [1.165, 1.54) is 36.7 Å². The number of H-pyrrole nitrogens is 1. The quantitative estimate of drug-likeness (QED) is 0.432. The van der Waals surface area contributed by atoms with Gasteiger partial charge < -0.3 is 14.6 Å². The molecule has 0 bridgehead atoms. The van der Waals surface area contributed by atoms with Crippen LogP contribution in [0.1, 0.15) is 16.1 Å². The lowest BCUT2D eigenvalue weighted by Gasteiger charge is -1.99. The second-order valence-corrected chi connectivity index (χ2v) is 4.59. The van der Waals surface area contributed by atoms with Gasteiger partial charge in [0.1, 0.15) is 17.2 Å². The topological polar surface area (TPSA) is 124 Å². The summed E-state index contributed by atoms with van der Waals surface area (Å²) in [6.45, 7) is 0. The summed E-state index contributed by atoms with van der Waals surface area (Å²) in [5.74, 6) is -0.170. The van der Waals surface area contributed by atoms with Gasteiger partial charge in [-0.25, -0.2) is 5.43 Å². The summed E-state index contributed by atoms with van der Waals surface area (Å²) < 4.78 is 5.19. The van der Waals surface area contributed by atoms with E-state index in [0.717, 1.165) is 0 Å². The standard InChI is InChI=1S/C15H12N4O4/c20-10-4-3-9(13(21)6-10)8-16-19-15(22)12-7-11(17-18-12)14-2-1-5-23-14/h1-8,20-21H,(H,17,18)(H,19,22). The average Bonchev–Trinajstić information content (AvgIpc) is 3.20.